The third-order valence-corrected chi connectivity index (χ3v) is 5.01. The van der Waals surface area contributed by atoms with E-state index in [1.54, 1.807) is 18.9 Å². The first-order valence-corrected chi connectivity index (χ1v) is 9.68. The Balaban J connectivity index is 1.58. The Bertz CT molecular complexity index is 848. The molecule has 1 amide bonds. The summed E-state index contributed by atoms with van der Waals surface area (Å²) < 4.78 is 8.35. The molecule has 28 heavy (non-hydrogen) atoms. The molecular formula is C19H28N6O3. The average molecular weight is 388 g/mol. The van der Waals surface area contributed by atoms with Crippen LogP contribution in [0.1, 0.15) is 46.1 Å². The Hall–Kier alpha value is -2.68. The molecule has 9 nitrogen and oxygen atoms in total. The molecule has 0 spiro atoms. The minimum absolute atomic E-state index is 0.152. The highest BCUT2D eigenvalue weighted by Crippen LogP contribution is 2.14. The standard InChI is InChI=1S/C19H28N6O3/c1-5-25-13-15(14(3)20-25)12-23-7-9-24(10-8-23)18(26)16-11-17(22(4)21-16)19(27)28-6-2/h11,13H,5-10,12H2,1-4H3. The average Bonchev–Trinajstić information content (AvgIpc) is 3.24. The predicted molar refractivity (Wildman–Crippen MR) is 103 cm³/mol. The molecule has 0 saturated carbocycles. The van der Waals surface area contributed by atoms with E-state index in [9.17, 15) is 9.59 Å². The SMILES string of the molecule is CCOC(=O)c1cc(C(=O)N2CCN(Cc3cn(CC)nc3C)CC2)nn1C. The van der Waals surface area contributed by atoms with Gasteiger partial charge in [0.1, 0.15) is 5.69 Å². The number of amides is 1. The predicted octanol–water partition coefficient (Wildman–Crippen LogP) is 1.08. The molecule has 0 aromatic carbocycles. The van der Waals surface area contributed by atoms with Gasteiger partial charge >= 0.3 is 5.97 Å². The van der Waals surface area contributed by atoms with Crippen LogP contribution in [-0.4, -0.2) is 74.0 Å². The van der Waals surface area contributed by atoms with E-state index < -0.39 is 5.97 Å². The van der Waals surface area contributed by atoms with Gasteiger partial charge in [-0.25, -0.2) is 4.79 Å². The normalized spacial score (nSPS) is 15.1. The second-order valence-electron chi connectivity index (χ2n) is 6.92. The van der Waals surface area contributed by atoms with Crippen molar-refractivity contribution in [1.29, 1.82) is 0 Å². The van der Waals surface area contributed by atoms with Crippen molar-refractivity contribution < 1.29 is 14.3 Å². The van der Waals surface area contributed by atoms with Gasteiger partial charge in [0.05, 0.1) is 12.3 Å². The molecule has 0 unspecified atom stereocenters. The van der Waals surface area contributed by atoms with E-state index in [2.05, 4.69) is 28.2 Å². The number of aromatic nitrogens is 4. The maximum absolute atomic E-state index is 12.8. The highest BCUT2D eigenvalue weighted by atomic mass is 16.5. The van der Waals surface area contributed by atoms with Gasteiger partial charge < -0.3 is 9.64 Å². The minimum Gasteiger partial charge on any atom is -0.461 e. The zero-order chi connectivity index (χ0) is 20.3. The molecule has 9 heteroatoms. The summed E-state index contributed by atoms with van der Waals surface area (Å²) in [4.78, 5) is 28.8. The van der Waals surface area contributed by atoms with E-state index >= 15 is 0 Å². The van der Waals surface area contributed by atoms with Gasteiger partial charge in [-0.2, -0.15) is 10.2 Å². The Labute approximate surface area is 164 Å². The van der Waals surface area contributed by atoms with Crippen molar-refractivity contribution in [3.05, 3.63) is 34.9 Å². The summed E-state index contributed by atoms with van der Waals surface area (Å²) in [7, 11) is 1.64. The van der Waals surface area contributed by atoms with Crippen LogP contribution in [0.25, 0.3) is 0 Å². The lowest BCUT2D eigenvalue weighted by molar-refractivity contribution is 0.0513. The van der Waals surface area contributed by atoms with E-state index in [1.807, 2.05) is 11.6 Å². The van der Waals surface area contributed by atoms with Crippen LogP contribution >= 0.6 is 0 Å². The fourth-order valence-corrected chi connectivity index (χ4v) is 3.36. The maximum Gasteiger partial charge on any atom is 0.356 e. The smallest absolute Gasteiger partial charge is 0.356 e. The van der Waals surface area contributed by atoms with Crippen LogP contribution in [0.2, 0.25) is 0 Å². The fraction of sp³-hybridized carbons (Fsp3) is 0.579. The van der Waals surface area contributed by atoms with Crippen molar-refractivity contribution in [1.82, 2.24) is 29.4 Å². The summed E-state index contributed by atoms with van der Waals surface area (Å²) >= 11 is 0. The molecule has 0 aliphatic carbocycles. The largest absolute Gasteiger partial charge is 0.461 e. The number of carbonyl (C=O) groups is 2. The van der Waals surface area contributed by atoms with Crippen LogP contribution in [0.5, 0.6) is 0 Å². The highest BCUT2D eigenvalue weighted by molar-refractivity contribution is 5.96. The number of rotatable bonds is 6. The van der Waals surface area contributed by atoms with Crippen molar-refractivity contribution in [2.45, 2.75) is 33.9 Å². The quantitative estimate of drug-likeness (QED) is 0.689. The number of piperazine rings is 1. The molecule has 152 valence electrons. The zero-order valence-electron chi connectivity index (χ0n) is 17.0. The second kappa shape index (κ2) is 8.55. The number of nitrogens with zero attached hydrogens (tertiary/aromatic N) is 6. The molecule has 1 aliphatic heterocycles. The topological polar surface area (TPSA) is 85.5 Å². The molecule has 2 aromatic rings. The highest BCUT2D eigenvalue weighted by Gasteiger charge is 2.26. The Kier molecular flexibility index (Phi) is 6.13. The molecule has 1 fully saturated rings. The summed E-state index contributed by atoms with van der Waals surface area (Å²) in [5.74, 6) is -0.620. The third-order valence-electron chi connectivity index (χ3n) is 5.01. The Morgan fingerprint density at radius 3 is 2.46 bits per heavy atom. The monoisotopic (exact) mass is 388 g/mol. The third kappa shape index (κ3) is 4.24. The molecule has 0 radical (unpaired) electrons. The summed E-state index contributed by atoms with van der Waals surface area (Å²) in [5.41, 5.74) is 2.84. The van der Waals surface area contributed by atoms with Crippen LogP contribution in [0.4, 0.5) is 0 Å². The number of hydrogen-bond acceptors (Lipinski definition) is 6. The van der Waals surface area contributed by atoms with Crippen LogP contribution in [0, 0.1) is 6.92 Å². The molecule has 1 saturated heterocycles. The van der Waals surface area contributed by atoms with Gasteiger partial charge in [-0.1, -0.05) is 0 Å². The molecule has 1 aliphatic rings. The number of carbonyl (C=O) groups excluding carboxylic acids is 2. The molecule has 0 N–H and O–H groups in total. The van der Waals surface area contributed by atoms with Crippen LogP contribution in [0.3, 0.4) is 0 Å². The second-order valence-corrected chi connectivity index (χ2v) is 6.92. The van der Waals surface area contributed by atoms with Gasteiger partial charge in [-0.05, 0) is 20.8 Å². The van der Waals surface area contributed by atoms with Gasteiger partial charge in [0.25, 0.3) is 5.91 Å². The summed E-state index contributed by atoms with van der Waals surface area (Å²) in [5, 5.41) is 8.69. The van der Waals surface area contributed by atoms with E-state index in [0.717, 1.165) is 31.9 Å². The zero-order valence-corrected chi connectivity index (χ0v) is 17.0. The van der Waals surface area contributed by atoms with Crippen molar-refractivity contribution >= 4 is 11.9 Å². The maximum atomic E-state index is 12.8. The first kappa shape index (κ1) is 20.1. The molecular weight excluding hydrogens is 360 g/mol. The number of esters is 1. The van der Waals surface area contributed by atoms with Gasteiger partial charge in [0.2, 0.25) is 0 Å². The number of hydrogen-bond donors (Lipinski definition) is 0. The van der Waals surface area contributed by atoms with Crippen molar-refractivity contribution in [2.75, 3.05) is 32.8 Å². The van der Waals surface area contributed by atoms with Crippen molar-refractivity contribution in [3.63, 3.8) is 0 Å². The number of ether oxygens (including phenoxy) is 1. The summed E-state index contributed by atoms with van der Waals surface area (Å²) in [6.45, 7) is 10.7. The van der Waals surface area contributed by atoms with Crippen molar-refractivity contribution in [3.8, 4) is 0 Å². The lowest BCUT2D eigenvalue weighted by Gasteiger charge is -2.34. The van der Waals surface area contributed by atoms with Gasteiger partial charge in [0.15, 0.2) is 5.69 Å². The van der Waals surface area contributed by atoms with Crippen LogP contribution in [-0.2, 0) is 24.9 Å². The lowest BCUT2D eigenvalue weighted by Crippen LogP contribution is -2.48. The van der Waals surface area contributed by atoms with Gasteiger partial charge in [0, 0.05) is 64.1 Å². The summed E-state index contributed by atoms with van der Waals surface area (Å²) in [6, 6.07) is 1.51. The fourth-order valence-electron chi connectivity index (χ4n) is 3.36. The van der Waals surface area contributed by atoms with Crippen molar-refractivity contribution in [2.24, 2.45) is 7.05 Å². The van der Waals surface area contributed by atoms with Crippen LogP contribution in [0.15, 0.2) is 12.3 Å². The van der Waals surface area contributed by atoms with Crippen LogP contribution < -0.4 is 0 Å². The van der Waals surface area contributed by atoms with E-state index in [0.29, 0.717) is 13.1 Å². The Morgan fingerprint density at radius 2 is 1.86 bits per heavy atom. The van der Waals surface area contributed by atoms with Gasteiger partial charge in [-0.3, -0.25) is 19.1 Å². The van der Waals surface area contributed by atoms with E-state index in [4.69, 9.17) is 4.74 Å². The van der Waals surface area contributed by atoms with Gasteiger partial charge in [-0.15, -0.1) is 0 Å². The first-order valence-electron chi connectivity index (χ1n) is 9.68. The Morgan fingerprint density at radius 1 is 1.14 bits per heavy atom. The number of aryl methyl sites for hydroxylation is 3. The lowest BCUT2D eigenvalue weighted by atomic mass is 10.2. The van der Waals surface area contributed by atoms with E-state index in [-0.39, 0.29) is 23.9 Å². The minimum atomic E-state index is -0.468. The molecule has 0 atom stereocenters. The molecule has 3 heterocycles. The summed E-state index contributed by atoms with van der Waals surface area (Å²) in [6.07, 6.45) is 2.09. The molecule has 3 rings (SSSR count). The first-order chi connectivity index (χ1) is 13.4. The molecule has 0 bridgehead atoms. The van der Waals surface area contributed by atoms with E-state index in [1.165, 1.54) is 16.3 Å². The molecule has 2 aromatic heterocycles.